The van der Waals surface area contributed by atoms with Crippen molar-refractivity contribution in [3.8, 4) is 0 Å². The quantitative estimate of drug-likeness (QED) is 0.632. The highest BCUT2D eigenvalue weighted by Crippen LogP contribution is 2.14. The van der Waals surface area contributed by atoms with E-state index in [-0.39, 0.29) is 12.3 Å². The average molecular weight is 327 g/mol. The van der Waals surface area contributed by atoms with Gasteiger partial charge in [-0.1, -0.05) is 38.1 Å². The summed E-state index contributed by atoms with van der Waals surface area (Å²) in [6, 6.07) is 11.2. The fourth-order valence-corrected chi connectivity index (χ4v) is 2.01. The number of nitrogens with one attached hydrogen (secondary N) is 2. The number of amides is 2. The second kappa shape index (κ2) is 8.10. The minimum absolute atomic E-state index is 0.160. The summed E-state index contributed by atoms with van der Waals surface area (Å²) in [5, 5.41) is 6.51. The number of carbonyl (C=O) groups excluding carboxylic acids is 2. The van der Waals surface area contributed by atoms with Crippen LogP contribution in [0, 0.1) is 0 Å². The molecule has 0 aliphatic heterocycles. The van der Waals surface area contributed by atoms with Crippen LogP contribution in [-0.4, -0.2) is 24.1 Å². The summed E-state index contributed by atoms with van der Waals surface area (Å²) >= 11 is 0. The van der Waals surface area contributed by atoms with Crippen molar-refractivity contribution in [3.05, 3.63) is 59.5 Å². The molecule has 0 aliphatic carbocycles. The van der Waals surface area contributed by atoms with Crippen LogP contribution in [0.3, 0.4) is 0 Å². The van der Waals surface area contributed by atoms with Crippen molar-refractivity contribution in [1.82, 2.24) is 10.7 Å². The maximum Gasteiger partial charge on any atom is 0.287 e. The van der Waals surface area contributed by atoms with Gasteiger partial charge in [-0.25, -0.2) is 5.43 Å². The van der Waals surface area contributed by atoms with Crippen molar-refractivity contribution in [2.45, 2.75) is 26.7 Å². The number of nitrogens with zero attached hydrogens (tertiary/aromatic N) is 1. The van der Waals surface area contributed by atoms with Crippen molar-refractivity contribution in [2.24, 2.45) is 5.10 Å². The first-order valence-electron chi connectivity index (χ1n) is 7.72. The molecule has 2 N–H and O–H groups in total. The van der Waals surface area contributed by atoms with E-state index in [2.05, 4.69) is 29.7 Å². The SMILES string of the molecule is C/C(=N\NC(=O)CNC(=O)c1ccco1)c1ccc(C(C)C)cc1. The van der Waals surface area contributed by atoms with Crippen LogP contribution in [0.25, 0.3) is 0 Å². The van der Waals surface area contributed by atoms with Crippen molar-refractivity contribution >= 4 is 17.5 Å². The molecule has 0 aliphatic rings. The molecule has 0 radical (unpaired) electrons. The smallest absolute Gasteiger partial charge is 0.287 e. The fourth-order valence-electron chi connectivity index (χ4n) is 2.01. The van der Waals surface area contributed by atoms with E-state index in [4.69, 9.17) is 4.42 Å². The van der Waals surface area contributed by atoms with Crippen LogP contribution in [0.5, 0.6) is 0 Å². The Labute approximate surface area is 140 Å². The first-order valence-corrected chi connectivity index (χ1v) is 7.72. The molecule has 2 rings (SSSR count). The monoisotopic (exact) mass is 327 g/mol. The highest BCUT2D eigenvalue weighted by Gasteiger charge is 2.10. The maximum absolute atomic E-state index is 11.7. The molecule has 1 aromatic carbocycles. The van der Waals surface area contributed by atoms with Gasteiger partial charge in [0.25, 0.3) is 11.8 Å². The standard InChI is InChI=1S/C18H21N3O3/c1-12(2)14-6-8-15(9-7-14)13(3)20-21-17(22)11-19-18(23)16-5-4-10-24-16/h4-10,12H,11H2,1-3H3,(H,19,23)(H,21,22)/b20-13+. The third-order valence-electron chi connectivity index (χ3n) is 3.50. The predicted molar refractivity (Wildman–Crippen MR) is 91.9 cm³/mol. The van der Waals surface area contributed by atoms with E-state index in [1.54, 1.807) is 6.07 Å². The van der Waals surface area contributed by atoms with E-state index < -0.39 is 11.8 Å². The Bertz CT molecular complexity index is 716. The van der Waals surface area contributed by atoms with E-state index in [0.717, 1.165) is 5.56 Å². The number of benzene rings is 1. The van der Waals surface area contributed by atoms with Crippen LogP contribution in [0.15, 0.2) is 52.2 Å². The summed E-state index contributed by atoms with van der Waals surface area (Å²) in [7, 11) is 0. The zero-order valence-electron chi connectivity index (χ0n) is 14.0. The third kappa shape index (κ3) is 4.81. The topological polar surface area (TPSA) is 83.7 Å². The van der Waals surface area contributed by atoms with Gasteiger partial charge < -0.3 is 9.73 Å². The second-order valence-corrected chi connectivity index (χ2v) is 5.67. The summed E-state index contributed by atoms with van der Waals surface area (Å²) in [6.45, 7) is 5.90. The van der Waals surface area contributed by atoms with Gasteiger partial charge in [0.15, 0.2) is 5.76 Å². The van der Waals surface area contributed by atoms with Crippen LogP contribution in [0.2, 0.25) is 0 Å². The Balaban J connectivity index is 1.85. The van der Waals surface area contributed by atoms with E-state index in [0.29, 0.717) is 11.6 Å². The third-order valence-corrected chi connectivity index (χ3v) is 3.50. The highest BCUT2D eigenvalue weighted by molar-refractivity contribution is 5.99. The molecule has 0 atom stereocenters. The molecule has 6 nitrogen and oxygen atoms in total. The van der Waals surface area contributed by atoms with Gasteiger partial charge >= 0.3 is 0 Å². The molecule has 1 aromatic heterocycles. The Kier molecular flexibility index (Phi) is 5.89. The number of rotatable bonds is 6. The summed E-state index contributed by atoms with van der Waals surface area (Å²) in [5.74, 6) is -0.227. The molecule has 2 aromatic rings. The van der Waals surface area contributed by atoms with Gasteiger partial charge in [-0.05, 0) is 36.1 Å². The van der Waals surface area contributed by atoms with Gasteiger partial charge in [-0.15, -0.1) is 0 Å². The molecule has 0 bridgehead atoms. The molecule has 0 saturated heterocycles. The first-order chi connectivity index (χ1) is 11.5. The Morgan fingerprint density at radius 2 is 1.88 bits per heavy atom. The minimum atomic E-state index is -0.444. The highest BCUT2D eigenvalue weighted by atomic mass is 16.3. The maximum atomic E-state index is 11.7. The van der Waals surface area contributed by atoms with Gasteiger partial charge in [0.2, 0.25) is 0 Å². The van der Waals surface area contributed by atoms with Crippen LogP contribution in [0.4, 0.5) is 0 Å². The van der Waals surface area contributed by atoms with Crippen LogP contribution >= 0.6 is 0 Å². The van der Waals surface area contributed by atoms with Crippen molar-refractivity contribution < 1.29 is 14.0 Å². The summed E-state index contributed by atoms with van der Waals surface area (Å²) in [5.41, 5.74) is 5.29. The molecule has 126 valence electrons. The van der Waals surface area contributed by atoms with Crippen LogP contribution in [0.1, 0.15) is 48.4 Å². The fraction of sp³-hybridized carbons (Fsp3) is 0.278. The van der Waals surface area contributed by atoms with Gasteiger partial charge in [-0.3, -0.25) is 9.59 Å². The molecule has 0 saturated carbocycles. The van der Waals surface area contributed by atoms with Crippen LogP contribution < -0.4 is 10.7 Å². The Hall–Kier alpha value is -2.89. The lowest BCUT2D eigenvalue weighted by atomic mass is 10.0. The zero-order valence-corrected chi connectivity index (χ0v) is 14.0. The molecule has 2 amide bonds. The lowest BCUT2D eigenvalue weighted by Crippen LogP contribution is -2.35. The summed E-state index contributed by atoms with van der Waals surface area (Å²) in [6.07, 6.45) is 1.40. The number of hydrazone groups is 1. The first kappa shape index (κ1) is 17.5. The lowest BCUT2D eigenvalue weighted by Gasteiger charge is -2.07. The van der Waals surface area contributed by atoms with E-state index in [1.807, 2.05) is 31.2 Å². The molecule has 24 heavy (non-hydrogen) atoms. The minimum Gasteiger partial charge on any atom is -0.459 e. The molecular weight excluding hydrogens is 306 g/mol. The van der Waals surface area contributed by atoms with E-state index in [9.17, 15) is 9.59 Å². The molecule has 0 fully saturated rings. The molecule has 6 heteroatoms. The van der Waals surface area contributed by atoms with Crippen LogP contribution in [-0.2, 0) is 4.79 Å². The normalized spacial score (nSPS) is 11.4. The van der Waals surface area contributed by atoms with Gasteiger partial charge in [-0.2, -0.15) is 5.10 Å². The Morgan fingerprint density at radius 3 is 2.46 bits per heavy atom. The number of carbonyl (C=O) groups is 2. The molecule has 1 heterocycles. The zero-order chi connectivity index (χ0) is 17.5. The van der Waals surface area contributed by atoms with Gasteiger partial charge in [0.05, 0.1) is 18.5 Å². The molecular formula is C18H21N3O3. The molecule has 0 unspecified atom stereocenters. The number of hydrogen-bond acceptors (Lipinski definition) is 4. The molecule has 0 spiro atoms. The summed E-state index contributed by atoms with van der Waals surface area (Å²) < 4.78 is 4.94. The average Bonchev–Trinajstić information content (AvgIpc) is 3.12. The van der Waals surface area contributed by atoms with Crippen molar-refractivity contribution in [3.63, 3.8) is 0 Å². The number of furan rings is 1. The van der Waals surface area contributed by atoms with Crippen molar-refractivity contribution in [2.75, 3.05) is 6.54 Å². The number of hydrogen-bond donors (Lipinski definition) is 2. The lowest BCUT2D eigenvalue weighted by molar-refractivity contribution is -0.120. The van der Waals surface area contributed by atoms with E-state index in [1.165, 1.54) is 17.9 Å². The van der Waals surface area contributed by atoms with Gasteiger partial charge in [0, 0.05) is 0 Å². The van der Waals surface area contributed by atoms with E-state index >= 15 is 0 Å². The second-order valence-electron chi connectivity index (χ2n) is 5.67. The summed E-state index contributed by atoms with van der Waals surface area (Å²) in [4.78, 5) is 23.4. The van der Waals surface area contributed by atoms with Gasteiger partial charge in [0.1, 0.15) is 0 Å². The predicted octanol–water partition coefficient (Wildman–Crippen LogP) is 2.67. The largest absolute Gasteiger partial charge is 0.459 e. The Morgan fingerprint density at radius 1 is 1.17 bits per heavy atom. The van der Waals surface area contributed by atoms with Crippen molar-refractivity contribution in [1.29, 1.82) is 0 Å².